The Labute approximate surface area is 192 Å². The van der Waals surface area contributed by atoms with E-state index in [9.17, 15) is 9.59 Å². The maximum Gasteiger partial charge on any atom is 0.308 e. The van der Waals surface area contributed by atoms with Crippen LogP contribution in [0.1, 0.15) is 136 Å². The number of carbonyl (C=O) groups excluding carboxylic acids is 2. The molecule has 31 heavy (non-hydrogen) atoms. The Morgan fingerprint density at radius 2 is 0.935 bits per heavy atom. The molecule has 0 saturated heterocycles. The minimum Gasteiger partial charge on any atom is -0.465 e. The summed E-state index contributed by atoms with van der Waals surface area (Å²) in [5.41, 5.74) is 0. The molecule has 1 rings (SSSR count). The zero-order valence-corrected chi connectivity index (χ0v) is 20.6. The van der Waals surface area contributed by atoms with E-state index in [2.05, 4.69) is 13.8 Å². The van der Waals surface area contributed by atoms with Gasteiger partial charge in [0.1, 0.15) is 0 Å². The molecule has 1 aliphatic rings. The van der Waals surface area contributed by atoms with Gasteiger partial charge in [0.15, 0.2) is 0 Å². The molecule has 1 saturated carbocycles. The summed E-state index contributed by atoms with van der Waals surface area (Å²) in [7, 11) is 0. The average Bonchev–Trinajstić information content (AvgIpc) is 2.79. The van der Waals surface area contributed by atoms with Gasteiger partial charge in [0.2, 0.25) is 0 Å². The predicted molar refractivity (Wildman–Crippen MR) is 128 cm³/mol. The van der Waals surface area contributed by atoms with Crippen LogP contribution < -0.4 is 0 Å². The molecule has 0 N–H and O–H groups in total. The monoisotopic (exact) mass is 438 g/mol. The second kappa shape index (κ2) is 19.6. The van der Waals surface area contributed by atoms with Crippen molar-refractivity contribution in [3.05, 3.63) is 0 Å². The van der Waals surface area contributed by atoms with Crippen molar-refractivity contribution in [3.63, 3.8) is 0 Å². The van der Waals surface area contributed by atoms with E-state index in [4.69, 9.17) is 9.47 Å². The number of unbranched alkanes of at least 4 members (excludes halogenated alkanes) is 13. The van der Waals surface area contributed by atoms with Gasteiger partial charge < -0.3 is 9.47 Å². The first-order chi connectivity index (χ1) is 15.2. The van der Waals surface area contributed by atoms with Crippen LogP contribution in [0.5, 0.6) is 0 Å². The van der Waals surface area contributed by atoms with Crippen LogP contribution in [0, 0.1) is 11.8 Å². The van der Waals surface area contributed by atoms with Gasteiger partial charge >= 0.3 is 11.9 Å². The lowest BCUT2D eigenvalue weighted by molar-refractivity contribution is -0.155. The Kier molecular flexibility index (Phi) is 17.7. The van der Waals surface area contributed by atoms with Gasteiger partial charge in [0.05, 0.1) is 25.0 Å². The topological polar surface area (TPSA) is 52.6 Å². The second-order valence-corrected chi connectivity index (χ2v) is 9.49. The quantitative estimate of drug-likeness (QED) is 0.153. The van der Waals surface area contributed by atoms with Crippen LogP contribution >= 0.6 is 0 Å². The van der Waals surface area contributed by atoms with Crippen molar-refractivity contribution in [3.8, 4) is 0 Å². The van der Waals surface area contributed by atoms with Crippen LogP contribution in [0.25, 0.3) is 0 Å². The van der Waals surface area contributed by atoms with Crippen molar-refractivity contribution in [1.82, 2.24) is 0 Å². The van der Waals surface area contributed by atoms with E-state index in [0.29, 0.717) is 19.6 Å². The third-order valence-corrected chi connectivity index (χ3v) is 6.58. The third-order valence-electron chi connectivity index (χ3n) is 6.58. The lowest BCUT2D eigenvalue weighted by Gasteiger charge is -2.26. The first-order valence-electron chi connectivity index (χ1n) is 13.5. The molecule has 0 heterocycles. The Hall–Kier alpha value is -1.06. The van der Waals surface area contributed by atoms with E-state index in [1.807, 2.05) is 0 Å². The maximum absolute atomic E-state index is 12.4. The number of ether oxygens (including phenoxy) is 2. The molecule has 1 aliphatic carbocycles. The van der Waals surface area contributed by atoms with Crippen LogP contribution in [0.2, 0.25) is 0 Å². The summed E-state index contributed by atoms with van der Waals surface area (Å²) < 4.78 is 11.0. The Balaban J connectivity index is 2.07. The smallest absolute Gasteiger partial charge is 0.308 e. The molecule has 4 heteroatoms. The van der Waals surface area contributed by atoms with Crippen LogP contribution in [-0.2, 0) is 19.1 Å². The largest absolute Gasteiger partial charge is 0.465 e. The van der Waals surface area contributed by atoms with E-state index >= 15 is 0 Å². The Morgan fingerprint density at radius 1 is 0.581 bits per heavy atom. The predicted octanol–water partition coefficient (Wildman–Crippen LogP) is 7.77. The van der Waals surface area contributed by atoms with Crippen LogP contribution in [-0.4, -0.2) is 25.2 Å². The highest BCUT2D eigenvalue weighted by atomic mass is 16.5. The third kappa shape index (κ3) is 14.6. The Bertz CT molecular complexity index is 449. The Morgan fingerprint density at radius 3 is 1.32 bits per heavy atom. The maximum atomic E-state index is 12.4. The van der Waals surface area contributed by atoms with Gasteiger partial charge in [0.25, 0.3) is 0 Å². The molecule has 0 aromatic heterocycles. The summed E-state index contributed by atoms with van der Waals surface area (Å²) in [6.07, 6.45) is 21.6. The molecule has 0 aromatic carbocycles. The molecule has 0 radical (unpaired) electrons. The van der Waals surface area contributed by atoms with Crippen LogP contribution in [0.4, 0.5) is 0 Å². The van der Waals surface area contributed by atoms with Crippen molar-refractivity contribution in [2.75, 3.05) is 13.2 Å². The van der Waals surface area contributed by atoms with Crippen LogP contribution in [0.3, 0.4) is 0 Å². The lowest BCUT2D eigenvalue weighted by Crippen LogP contribution is -2.30. The highest BCUT2D eigenvalue weighted by molar-refractivity contribution is 5.76. The van der Waals surface area contributed by atoms with Gasteiger partial charge in [-0.3, -0.25) is 9.59 Å². The summed E-state index contributed by atoms with van der Waals surface area (Å²) in [6, 6.07) is 0. The number of hydrogen-bond donors (Lipinski definition) is 0. The summed E-state index contributed by atoms with van der Waals surface area (Å²) >= 11 is 0. The summed E-state index contributed by atoms with van der Waals surface area (Å²) in [5, 5.41) is 0. The van der Waals surface area contributed by atoms with Crippen molar-refractivity contribution >= 4 is 11.9 Å². The number of hydrogen-bond acceptors (Lipinski definition) is 4. The van der Waals surface area contributed by atoms with Gasteiger partial charge in [-0.25, -0.2) is 0 Å². The highest BCUT2D eigenvalue weighted by Crippen LogP contribution is 2.31. The molecule has 0 aliphatic heterocycles. The molecular weight excluding hydrogens is 388 g/mol. The van der Waals surface area contributed by atoms with Gasteiger partial charge in [0, 0.05) is 0 Å². The first kappa shape index (κ1) is 28.0. The van der Waals surface area contributed by atoms with E-state index < -0.39 is 0 Å². The van der Waals surface area contributed by atoms with E-state index in [-0.39, 0.29) is 23.8 Å². The van der Waals surface area contributed by atoms with Gasteiger partial charge in [-0.2, -0.15) is 0 Å². The molecule has 1 fully saturated rings. The van der Waals surface area contributed by atoms with Crippen LogP contribution in [0.15, 0.2) is 0 Å². The summed E-state index contributed by atoms with van der Waals surface area (Å²) in [5.74, 6) is -0.461. The molecule has 4 nitrogen and oxygen atoms in total. The zero-order chi connectivity index (χ0) is 22.6. The molecule has 0 spiro atoms. The fourth-order valence-electron chi connectivity index (χ4n) is 4.49. The van der Waals surface area contributed by atoms with Crippen molar-refractivity contribution < 1.29 is 19.1 Å². The van der Waals surface area contributed by atoms with Crippen molar-refractivity contribution in [2.24, 2.45) is 11.8 Å². The lowest BCUT2D eigenvalue weighted by atomic mass is 9.81. The average molecular weight is 439 g/mol. The number of rotatable bonds is 19. The summed E-state index contributed by atoms with van der Waals surface area (Å²) in [6.45, 7) is 5.52. The highest BCUT2D eigenvalue weighted by Gasteiger charge is 2.32. The zero-order valence-electron chi connectivity index (χ0n) is 20.6. The fraction of sp³-hybridized carbons (Fsp3) is 0.926. The number of esters is 2. The molecule has 182 valence electrons. The molecule has 2 atom stereocenters. The SMILES string of the molecule is CCCCCCCCCCOC(=O)C1CCCC(C(=O)OCCCCCCCCC)C1. The second-order valence-electron chi connectivity index (χ2n) is 9.49. The summed E-state index contributed by atoms with van der Waals surface area (Å²) in [4.78, 5) is 24.8. The van der Waals surface area contributed by atoms with E-state index in [0.717, 1.165) is 44.9 Å². The molecule has 2 unspecified atom stereocenters. The molecular formula is C27H50O4. The van der Waals surface area contributed by atoms with Gasteiger partial charge in [-0.1, -0.05) is 104 Å². The molecule has 0 amide bonds. The fourth-order valence-corrected chi connectivity index (χ4v) is 4.49. The van der Waals surface area contributed by atoms with E-state index in [1.54, 1.807) is 0 Å². The van der Waals surface area contributed by atoms with Gasteiger partial charge in [-0.05, 0) is 32.1 Å². The minimum atomic E-state index is -0.126. The standard InChI is InChI=1S/C27H50O4/c1-3-5-7-9-11-13-15-17-22-31-27(29)25-20-18-19-24(23-25)26(28)30-21-16-14-12-10-8-6-4-2/h24-25H,3-23H2,1-2H3. The first-order valence-corrected chi connectivity index (χ1v) is 13.5. The van der Waals surface area contributed by atoms with Gasteiger partial charge in [-0.15, -0.1) is 0 Å². The van der Waals surface area contributed by atoms with Crippen molar-refractivity contribution in [2.45, 2.75) is 136 Å². The normalized spacial score (nSPS) is 18.6. The molecule has 0 aromatic rings. The van der Waals surface area contributed by atoms with Crippen molar-refractivity contribution in [1.29, 1.82) is 0 Å². The minimum absolute atomic E-state index is 0.104. The molecule has 0 bridgehead atoms. The van der Waals surface area contributed by atoms with E-state index in [1.165, 1.54) is 70.6 Å². The number of carbonyl (C=O) groups is 2.